The number of imide groups is 1. The first-order valence-corrected chi connectivity index (χ1v) is 9.22. The lowest BCUT2D eigenvalue weighted by molar-refractivity contribution is -0.133. The standard InChI is InChI=1S/C17H16FN5O3S/c1-17(10-4-6-11(18)7-5-10)14(25)23(16(26)20-17)8-12(24)19-15-22-21-13(27-15)9-2-3-9/h4-7,9H,2-3,8H2,1H3,(H,20,26)(H,19,22,24). The first-order chi connectivity index (χ1) is 12.9. The van der Waals surface area contributed by atoms with Crippen LogP contribution in [0.25, 0.3) is 0 Å². The van der Waals surface area contributed by atoms with Crippen molar-refractivity contribution in [3.63, 3.8) is 0 Å². The molecule has 27 heavy (non-hydrogen) atoms. The first kappa shape index (κ1) is 17.5. The highest BCUT2D eigenvalue weighted by atomic mass is 32.1. The molecule has 1 saturated carbocycles. The molecule has 2 aliphatic rings. The van der Waals surface area contributed by atoms with Crippen LogP contribution in [0.1, 0.15) is 36.3 Å². The van der Waals surface area contributed by atoms with E-state index in [1.807, 2.05) is 0 Å². The van der Waals surface area contributed by atoms with Crippen molar-refractivity contribution >= 4 is 34.3 Å². The van der Waals surface area contributed by atoms with Crippen molar-refractivity contribution in [3.05, 3.63) is 40.7 Å². The summed E-state index contributed by atoms with van der Waals surface area (Å²) in [6, 6.07) is 4.60. The number of aromatic nitrogens is 2. The topological polar surface area (TPSA) is 104 Å². The van der Waals surface area contributed by atoms with Crippen molar-refractivity contribution in [1.82, 2.24) is 20.4 Å². The highest BCUT2D eigenvalue weighted by Crippen LogP contribution is 2.42. The van der Waals surface area contributed by atoms with Gasteiger partial charge in [0.05, 0.1) is 0 Å². The molecule has 1 saturated heterocycles. The zero-order chi connectivity index (χ0) is 19.2. The predicted octanol–water partition coefficient (Wildman–Crippen LogP) is 1.96. The van der Waals surface area contributed by atoms with Crippen LogP contribution < -0.4 is 10.6 Å². The number of anilines is 1. The van der Waals surface area contributed by atoms with Gasteiger partial charge in [0.15, 0.2) is 0 Å². The van der Waals surface area contributed by atoms with Crippen LogP contribution in [0.5, 0.6) is 0 Å². The number of benzene rings is 1. The monoisotopic (exact) mass is 389 g/mol. The minimum Gasteiger partial charge on any atom is -0.319 e. The van der Waals surface area contributed by atoms with Gasteiger partial charge in [-0.3, -0.25) is 19.8 Å². The largest absolute Gasteiger partial charge is 0.325 e. The number of hydrogen-bond acceptors (Lipinski definition) is 6. The molecular formula is C17H16FN5O3S. The zero-order valence-electron chi connectivity index (χ0n) is 14.4. The second kappa shape index (κ2) is 6.38. The van der Waals surface area contributed by atoms with Crippen molar-refractivity contribution < 1.29 is 18.8 Å². The fourth-order valence-corrected chi connectivity index (χ4v) is 3.83. The Morgan fingerprint density at radius 1 is 1.33 bits per heavy atom. The molecule has 0 radical (unpaired) electrons. The van der Waals surface area contributed by atoms with Crippen LogP contribution >= 0.6 is 11.3 Å². The molecule has 1 aromatic carbocycles. The lowest BCUT2D eigenvalue weighted by Crippen LogP contribution is -2.42. The van der Waals surface area contributed by atoms with Gasteiger partial charge >= 0.3 is 6.03 Å². The van der Waals surface area contributed by atoms with E-state index >= 15 is 0 Å². The van der Waals surface area contributed by atoms with E-state index in [9.17, 15) is 18.8 Å². The van der Waals surface area contributed by atoms with E-state index < -0.39 is 35.7 Å². The van der Waals surface area contributed by atoms with E-state index in [2.05, 4.69) is 20.8 Å². The number of rotatable bonds is 5. The average Bonchev–Trinajstić information content (AvgIpc) is 3.34. The third kappa shape index (κ3) is 3.27. The van der Waals surface area contributed by atoms with Gasteiger partial charge in [0.2, 0.25) is 11.0 Å². The molecule has 1 aliphatic heterocycles. The molecule has 1 aliphatic carbocycles. The SMILES string of the molecule is CC1(c2ccc(F)cc2)NC(=O)N(CC(=O)Nc2nnc(C3CC3)s2)C1=O. The van der Waals surface area contributed by atoms with E-state index in [-0.39, 0.29) is 0 Å². The van der Waals surface area contributed by atoms with Crippen LogP contribution in [-0.4, -0.2) is 39.5 Å². The van der Waals surface area contributed by atoms with Gasteiger partial charge in [-0.15, -0.1) is 10.2 Å². The number of amides is 4. The Morgan fingerprint density at radius 2 is 2.04 bits per heavy atom. The molecule has 2 fully saturated rings. The smallest absolute Gasteiger partial charge is 0.319 e. The maximum absolute atomic E-state index is 13.1. The quantitative estimate of drug-likeness (QED) is 0.761. The molecule has 1 aromatic heterocycles. The number of carbonyl (C=O) groups is 3. The lowest BCUT2D eigenvalue weighted by atomic mass is 9.92. The van der Waals surface area contributed by atoms with Crippen LogP contribution in [0.2, 0.25) is 0 Å². The lowest BCUT2D eigenvalue weighted by Gasteiger charge is -2.22. The highest BCUT2D eigenvalue weighted by molar-refractivity contribution is 7.15. The molecule has 140 valence electrons. The molecular weight excluding hydrogens is 373 g/mol. The summed E-state index contributed by atoms with van der Waals surface area (Å²) in [5.41, 5.74) is -0.921. The molecule has 2 heterocycles. The maximum atomic E-state index is 13.1. The van der Waals surface area contributed by atoms with Crippen LogP contribution in [0.3, 0.4) is 0 Å². The number of carbonyl (C=O) groups excluding carboxylic acids is 3. The molecule has 0 spiro atoms. The summed E-state index contributed by atoms with van der Waals surface area (Å²) >= 11 is 1.30. The van der Waals surface area contributed by atoms with E-state index in [4.69, 9.17) is 0 Å². The Morgan fingerprint density at radius 3 is 2.70 bits per heavy atom. The molecule has 4 amide bonds. The summed E-state index contributed by atoms with van der Waals surface area (Å²) in [4.78, 5) is 38.1. The van der Waals surface area contributed by atoms with E-state index in [1.54, 1.807) is 0 Å². The second-order valence-electron chi connectivity index (χ2n) is 6.72. The third-order valence-electron chi connectivity index (χ3n) is 4.61. The number of nitrogens with one attached hydrogen (secondary N) is 2. The summed E-state index contributed by atoms with van der Waals surface area (Å²) in [7, 11) is 0. The van der Waals surface area contributed by atoms with E-state index in [1.165, 1.54) is 42.5 Å². The molecule has 10 heteroatoms. The summed E-state index contributed by atoms with van der Waals surface area (Å²) < 4.78 is 13.1. The van der Waals surface area contributed by atoms with Gasteiger partial charge < -0.3 is 5.32 Å². The van der Waals surface area contributed by atoms with Crippen molar-refractivity contribution in [2.45, 2.75) is 31.2 Å². The molecule has 1 unspecified atom stereocenters. The predicted molar refractivity (Wildman–Crippen MR) is 94.5 cm³/mol. The van der Waals surface area contributed by atoms with Crippen molar-refractivity contribution in [2.24, 2.45) is 0 Å². The van der Waals surface area contributed by atoms with Gasteiger partial charge in [-0.2, -0.15) is 0 Å². The zero-order valence-corrected chi connectivity index (χ0v) is 15.2. The Kier molecular flexibility index (Phi) is 4.14. The van der Waals surface area contributed by atoms with Crippen molar-refractivity contribution in [1.29, 1.82) is 0 Å². The maximum Gasteiger partial charge on any atom is 0.325 e. The van der Waals surface area contributed by atoms with Crippen LogP contribution in [0.4, 0.5) is 14.3 Å². The third-order valence-corrected chi connectivity index (χ3v) is 5.61. The van der Waals surface area contributed by atoms with Gasteiger partial charge in [-0.05, 0) is 37.5 Å². The second-order valence-corrected chi connectivity index (χ2v) is 7.73. The van der Waals surface area contributed by atoms with Crippen LogP contribution in [0.15, 0.2) is 24.3 Å². The van der Waals surface area contributed by atoms with Gasteiger partial charge in [-0.25, -0.2) is 9.18 Å². The Bertz CT molecular complexity index is 927. The Labute approximate surface area is 157 Å². The normalized spacial score (nSPS) is 22.1. The molecule has 4 rings (SSSR count). The van der Waals surface area contributed by atoms with E-state index in [0.29, 0.717) is 16.6 Å². The van der Waals surface area contributed by atoms with Gasteiger partial charge in [0.25, 0.3) is 5.91 Å². The minimum atomic E-state index is -1.35. The molecule has 0 bridgehead atoms. The number of urea groups is 1. The molecule has 1 atom stereocenters. The fourth-order valence-electron chi connectivity index (χ4n) is 2.90. The molecule has 2 N–H and O–H groups in total. The highest BCUT2D eigenvalue weighted by Gasteiger charge is 2.49. The fraction of sp³-hybridized carbons (Fsp3) is 0.353. The summed E-state index contributed by atoms with van der Waals surface area (Å²) in [6.45, 7) is 1.07. The van der Waals surface area contributed by atoms with E-state index in [0.717, 1.165) is 22.7 Å². The van der Waals surface area contributed by atoms with Gasteiger partial charge in [-0.1, -0.05) is 23.5 Å². The van der Waals surface area contributed by atoms with Crippen molar-refractivity contribution in [3.8, 4) is 0 Å². The molecule has 2 aromatic rings. The summed E-state index contributed by atoms with van der Waals surface area (Å²) in [6.07, 6.45) is 2.15. The van der Waals surface area contributed by atoms with Gasteiger partial charge in [0, 0.05) is 5.92 Å². The number of hydrogen-bond donors (Lipinski definition) is 2. The number of halogens is 1. The first-order valence-electron chi connectivity index (χ1n) is 8.40. The van der Waals surface area contributed by atoms with Crippen molar-refractivity contribution in [2.75, 3.05) is 11.9 Å². The summed E-state index contributed by atoms with van der Waals surface area (Å²) in [5, 5.41) is 14.3. The van der Waals surface area contributed by atoms with Crippen LogP contribution in [-0.2, 0) is 15.1 Å². The van der Waals surface area contributed by atoms with Crippen LogP contribution in [0, 0.1) is 5.82 Å². The minimum absolute atomic E-state index is 0.343. The molecule has 8 nitrogen and oxygen atoms in total. The van der Waals surface area contributed by atoms with Gasteiger partial charge in [0.1, 0.15) is 22.9 Å². The average molecular weight is 389 g/mol. The summed E-state index contributed by atoms with van der Waals surface area (Å²) in [5.74, 6) is -1.14. The Balaban J connectivity index is 1.45. The Hall–Kier alpha value is -2.88. The number of nitrogens with zero attached hydrogens (tertiary/aromatic N) is 3.